The van der Waals surface area contributed by atoms with E-state index in [0.717, 1.165) is 12.8 Å². The fourth-order valence-corrected chi connectivity index (χ4v) is 2.95. The van der Waals surface area contributed by atoms with Crippen LogP contribution in [0.4, 0.5) is 11.4 Å². The van der Waals surface area contributed by atoms with Crippen LogP contribution in [0, 0.1) is 20.2 Å². The number of nitro groups is 2. The van der Waals surface area contributed by atoms with Crippen LogP contribution >= 0.6 is 0 Å². The lowest BCUT2D eigenvalue weighted by Gasteiger charge is -2.10. The molecule has 0 amide bonds. The maximum atomic E-state index is 11.1. The summed E-state index contributed by atoms with van der Waals surface area (Å²) in [5.41, 5.74) is 0.992. The van der Waals surface area contributed by atoms with Crippen LogP contribution in [0.15, 0.2) is 52.9 Å². The molecule has 31 heavy (non-hydrogen) atoms. The molecule has 9 nitrogen and oxygen atoms in total. The van der Waals surface area contributed by atoms with Gasteiger partial charge in [0.15, 0.2) is 0 Å². The van der Waals surface area contributed by atoms with Crippen molar-refractivity contribution in [3.05, 3.63) is 68.8 Å². The summed E-state index contributed by atoms with van der Waals surface area (Å²) in [4.78, 5) is 21.3. The lowest BCUT2D eigenvalue weighted by molar-refractivity contribution is -0.385. The minimum Gasteiger partial charge on any atom is -0.493 e. The monoisotopic (exact) mass is 426 g/mol. The zero-order valence-electron chi connectivity index (χ0n) is 17.2. The Morgan fingerprint density at radius 3 is 1.52 bits per heavy atom. The molecule has 2 aromatic carbocycles. The summed E-state index contributed by atoms with van der Waals surface area (Å²) in [5, 5.41) is 22.3. The van der Waals surface area contributed by atoms with Crippen LogP contribution in [-0.4, -0.2) is 23.1 Å². The van der Waals surface area contributed by atoms with Gasteiger partial charge in [0.05, 0.1) is 46.3 Å². The third-order valence-electron chi connectivity index (χ3n) is 4.41. The van der Waals surface area contributed by atoms with E-state index in [2.05, 4.69) is 0 Å². The van der Waals surface area contributed by atoms with Crippen molar-refractivity contribution < 1.29 is 23.7 Å². The van der Waals surface area contributed by atoms with Crippen LogP contribution in [0.3, 0.4) is 0 Å². The molecule has 1 heterocycles. The van der Waals surface area contributed by atoms with E-state index in [-0.39, 0.29) is 11.4 Å². The first-order valence-corrected chi connectivity index (χ1v) is 9.87. The highest BCUT2D eigenvalue weighted by molar-refractivity contribution is 5.74. The molecule has 9 heteroatoms. The Hall–Kier alpha value is -3.88. The van der Waals surface area contributed by atoms with Gasteiger partial charge in [-0.15, -0.1) is 0 Å². The number of non-ortho nitro benzene ring substituents is 2. The van der Waals surface area contributed by atoms with E-state index in [1.165, 1.54) is 24.3 Å². The molecular formula is C22H22N2O7. The van der Waals surface area contributed by atoms with E-state index in [9.17, 15) is 20.2 Å². The molecule has 0 N–H and O–H groups in total. The maximum absolute atomic E-state index is 11.1. The van der Waals surface area contributed by atoms with Crippen LogP contribution in [0.1, 0.15) is 26.7 Å². The van der Waals surface area contributed by atoms with Crippen molar-refractivity contribution in [3.63, 3.8) is 0 Å². The van der Waals surface area contributed by atoms with Crippen molar-refractivity contribution in [2.45, 2.75) is 26.7 Å². The first kappa shape index (κ1) is 21.8. The molecule has 0 saturated heterocycles. The Bertz CT molecular complexity index is 1010. The number of rotatable bonds is 10. The molecule has 162 valence electrons. The van der Waals surface area contributed by atoms with Gasteiger partial charge in [-0.3, -0.25) is 20.2 Å². The number of nitro benzene ring substituents is 2. The molecule has 0 spiro atoms. The highest BCUT2D eigenvalue weighted by Crippen LogP contribution is 2.39. The number of hydrogen-bond donors (Lipinski definition) is 0. The fourth-order valence-electron chi connectivity index (χ4n) is 2.95. The second kappa shape index (κ2) is 9.75. The van der Waals surface area contributed by atoms with E-state index >= 15 is 0 Å². The number of benzene rings is 2. The number of hydrogen-bond acceptors (Lipinski definition) is 7. The summed E-state index contributed by atoms with van der Waals surface area (Å²) >= 11 is 0. The number of ether oxygens (including phenoxy) is 2. The van der Waals surface area contributed by atoms with E-state index in [1.807, 2.05) is 13.8 Å². The van der Waals surface area contributed by atoms with Gasteiger partial charge in [-0.1, -0.05) is 13.8 Å². The molecule has 1 aromatic heterocycles. The molecular weight excluding hydrogens is 404 g/mol. The summed E-state index contributed by atoms with van der Waals surface area (Å²) in [6.45, 7) is 4.68. The van der Waals surface area contributed by atoms with Gasteiger partial charge in [0.2, 0.25) is 0 Å². The second-order valence-corrected chi connectivity index (χ2v) is 6.74. The Labute approximate surface area is 178 Å². The molecule has 0 aliphatic carbocycles. The normalized spacial score (nSPS) is 10.6. The lowest BCUT2D eigenvalue weighted by Crippen LogP contribution is -1.98. The molecule has 3 aromatic rings. The van der Waals surface area contributed by atoms with Crippen LogP contribution in [-0.2, 0) is 0 Å². The Kier molecular flexibility index (Phi) is 6.86. The predicted octanol–water partition coefficient (Wildman–Crippen LogP) is 6.01. The van der Waals surface area contributed by atoms with Crippen molar-refractivity contribution in [2.24, 2.45) is 0 Å². The van der Waals surface area contributed by atoms with E-state index in [1.54, 1.807) is 24.3 Å². The van der Waals surface area contributed by atoms with Crippen molar-refractivity contribution in [3.8, 4) is 34.1 Å². The molecule has 3 rings (SSSR count). The van der Waals surface area contributed by atoms with Crippen molar-refractivity contribution in [1.29, 1.82) is 0 Å². The average Bonchev–Trinajstić information content (AvgIpc) is 3.25. The standard InChI is InChI=1S/C22H22N2O7/c1-3-11-29-21-13-15(23(25)26)5-7-17(21)19-9-10-20(31-19)18-8-6-16(24(27)28)14-22(18)30-12-4-2/h5-10,13-14H,3-4,11-12H2,1-2H3. The average molecular weight is 426 g/mol. The second-order valence-electron chi connectivity index (χ2n) is 6.74. The van der Waals surface area contributed by atoms with Gasteiger partial charge >= 0.3 is 0 Å². The van der Waals surface area contributed by atoms with Crippen LogP contribution in [0.2, 0.25) is 0 Å². The van der Waals surface area contributed by atoms with E-state index < -0.39 is 9.85 Å². The van der Waals surface area contributed by atoms with Crippen LogP contribution < -0.4 is 9.47 Å². The number of furan rings is 1. The van der Waals surface area contributed by atoms with E-state index in [4.69, 9.17) is 13.9 Å². The zero-order chi connectivity index (χ0) is 22.4. The first-order chi connectivity index (χ1) is 14.9. The first-order valence-electron chi connectivity index (χ1n) is 9.87. The van der Waals surface area contributed by atoms with Crippen molar-refractivity contribution >= 4 is 11.4 Å². The topological polar surface area (TPSA) is 118 Å². The van der Waals surface area contributed by atoms with Gasteiger partial charge in [-0.05, 0) is 37.1 Å². The van der Waals surface area contributed by atoms with Gasteiger partial charge in [-0.25, -0.2) is 0 Å². The summed E-state index contributed by atoms with van der Waals surface area (Å²) in [7, 11) is 0. The third kappa shape index (κ3) is 5.00. The smallest absolute Gasteiger partial charge is 0.273 e. The molecule has 0 bridgehead atoms. The largest absolute Gasteiger partial charge is 0.493 e. The highest BCUT2D eigenvalue weighted by atomic mass is 16.6. The maximum Gasteiger partial charge on any atom is 0.273 e. The summed E-state index contributed by atoms with van der Waals surface area (Å²) in [6.07, 6.45) is 1.49. The predicted molar refractivity (Wildman–Crippen MR) is 114 cm³/mol. The molecule has 0 unspecified atom stereocenters. The van der Waals surface area contributed by atoms with E-state index in [0.29, 0.717) is 47.4 Å². The van der Waals surface area contributed by atoms with Crippen molar-refractivity contribution in [1.82, 2.24) is 0 Å². The summed E-state index contributed by atoms with van der Waals surface area (Å²) < 4.78 is 17.4. The minimum absolute atomic E-state index is 0.0766. The fraction of sp³-hybridized carbons (Fsp3) is 0.273. The summed E-state index contributed by atoms with van der Waals surface area (Å²) in [5.74, 6) is 1.61. The Morgan fingerprint density at radius 2 is 1.16 bits per heavy atom. The minimum atomic E-state index is -0.482. The zero-order valence-corrected chi connectivity index (χ0v) is 17.2. The lowest BCUT2D eigenvalue weighted by atomic mass is 10.1. The van der Waals surface area contributed by atoms with Crippen LogP contribution in [0.5, 0.6) is 11.5 Å². The van der Waals surface area contributed by atoms with Gasteiger partial charge < -0.3 is 13.9 Å². The Balaban J connectivity index is 2.01. The van der Waals surface area contributed by atoms with Gasteiger partial charge in [-0.2, -0.15) is 0 Å². The molecule has 0 radical (unpaired) electrons. The van der Waals surface area contributed by atoms with Gasteiger partial charge in [0.25, 0.3) is 11.4 Å². The third-order valence-corrected chi connectivity index (χ3v) is 4.41. The quantitative estimate of drug-likeness (QED) is 0.288. The molecule has 0 fully saturated rings. The SMILES string of the molecule is CCCOc1cc([N+](=O)[O-])ccc1-c1ccc(-c2ccc([N+](=O)[O-])cc2OCCC)o1. The molecule has 0 aliphatic heterocycles. The molecule has 0 atom stereocenters. The van der Waals surface area contributed by atoms with Crippen LogP contribution in [0.25, 0.3) is 22.6 Å². The van der Waals surface area contributed by atoms with Gasteiger partial charge in [0, 0.05) is 12.1 Å². The molecule has 0 aliphatic rings. The van der Waals surface area contributed by atoms with Gasteiger partial charge in [0.1, 0.15) is 23.0 Å². The number of nitrogens with zero attached hydrogens (tertiary/aromatic N) is 2. The van der Waals surface area contributed by atoms with Crippen molar-refractivity contribution in [2.75, 3.05) is 13.2 Å². The molecule has 0 saturated carbocycles. The summed E-state index contributed by atoms with van der Waals surface area (Å²) in [6, 6.07) is 12.1. The Morgan fingerprint density at radius 1 is 0.742 bits per heavy atom. The highest BCUT2D eigenvalue weighted by Gasteiger charge is 2.19.